The van der Waals surface area contributed by atoms with Gasteiger partial charge in [-0.2, -0.15) is 5.10 Å². The molecule has 86 valence electrons. The molecule has 2 fully saturated rings. The predicted molar refractivity (Wildman–Crippen MR) is 61.5 cm³/mol. The van der Waals surface area contributed by atoms with Gasteiger partial charge in [0.2, 0.25) is 0 Å². The van der Waals surface area contributed by atoms with E-state index >= 15 is 0 Å². The van der Waals surface area contributed by atoms with Gasteiger partial charge in [-0.25, -0.2) is 0 Å². The molecule has 0 spiro atoms. The molecule has 1 aromatic heterocycles. The van der Waals surface area contributed by atoms with Crippen LogP contribution in [0, 0.1) is 18.8 Å². The topological polar surface area (TPSA) is 48.9 Å². The highest BCUT2D eigenvalue weighted by atomic mass is 16.3. The van der Waals surface area contributed by atoms with E-state index in [1.165, 1.54) is 6.42 Å². The predicted octanol–water partition coefficient (Wildman–Crippen LogP) is 2.52. The Morgan fingerprint density at radius 3 is 2.07 bits per heavy atom. The standard InChI is InChI=1S/C6H10O.C4H6N2.C2H6/c7-6-2-4-1-5(4)3-6;1-4-2-3-5-6-4;1-2/h4-7H,1-3H2;2-3H,1H3,(H,5,6);1-2H3. The van der Waals surface area contributed by atoms with Crippen LogP contribution in [0.2, 0.25) is 0 Å². The van der Waals surface area contributed by atoms with Crippen molar-refractivity contribution >= 4 is 0 Å². The van der Waals surface area contributed by atoms with Crippen LogP contribution >= 0.6 is 0 Å². The lowest BCUT2D eigenvalue weighted by Gasteiger charge is -1.98. The minimum Gasteiger partial charge on any atom is -0.393 e. The molecule has 2 aliphatic rings. The van der Waals surface area contributed by atoms with E-state index in [1.54, 1.807) is 6.20 Å². The fraction of sp³-hybridized carbons (Fsp3) is 0.750. The Bertz CT molecular complexity index is 249. The molecule has 0 aliphatic heterocycles. The summed E-state index contributed by atoms with van der Waals surface area (Å²) in [7, 11) is 0. The van der Waals surface area contributed by atoms with Crippen molar-refractivity contribution in [2.24, 2.45) is 11.8 Å². The summed E-state index contributed by atoms with van der Waals surface area (Å²) in [5, 5.41) is 15.4. The molecule has 0 bridgehead atoms. The first kappa shape index (κ1) is 12.2. The van der Waals surface area contributed by atoms with E-state index in [0.29, 0.717) is 0 Å². The van der Waals surface area contributed by atoms with E-state index in [9.17, 15) is 0 Å². The minimum absolute atomic E-state index is 0.0729. The SMILES string of the molecule is CC.Cc1ccn[nH]1.OC1CC2CC2C1. The van der Waals surface area contributed by atoms with E-state index < -0.39 is 0 Å². The first-order valence-electron chi connectivity index (χ1n) is 5.89. The Labute approximate surface area is 91.9 Å². The number of aryl methyl sites for hydroxylation is 1. The van der Waals surface area contributed by atoms with Crippen LogP contribution in [0.5, 0.6) is 0 Å². The molecule has 2 aliphatic carbocycles. The number of fused-ring (bicyclic) bond motifs is 1. The number of hydrogen-bond acceptors (Lipinski definition) is 2. The number of nitrogens with one attached hydrogen (secondary N) is 1. The second kappa shape index (κ2) is 5.91. The summed E-state index contributed by atoms with van der Waals surface area (Å²) in [6.45, 7) is 5.97. The van der Waals surface area contributed by atoms with Gasteiger partial charge in [-0.15, -0.1) is 0 Å². The molecule has 3 rings (SSSR count). The van der Waals surface area contributed by atoms with E-state index in [0.717, 1.165) is 30.4 Å². The van der Waals surface area contributed by atoms with Gasteiger partial charge < -0.3 is 5.11 Å². The third kappa shape index (κ3) is 4.04. The Hall–Kier alpha value is -0.830. The molecule has 0 amide bonds. The largest absolute Gasteiger partial charge is 0.393 e. The van der Waals surface area contributed by atoms with Crippen LogP contribution in [0.4, 0.5) is 0 Å². The highest BCUT2D eigenvalue weighted by Crippen LogP contribution is 2.51. The lowest BCUT2D eigenvalue weighted by atomic mass is 10.2. The van der Waals surface area contributed by atoms with Crippen molar-refractivity contribution in [2.45, 2.75) is 46.1 Å². The van der Waals surface area contributed by atoms with Crippen LogP contribution in [-0.2, 0) is 0 Å². The number of nitrogens with zero attached hydrogens (tertiary/aromatic N) is 1. The molecule has 0 saturated heterocycles. The van der Waals surface area contributed by atoms with Gasteiger partial charge in [-0.05, 0) is 44.1 Å². The number of aromatic nitrogens is 2. The molecular weight excluding hydrogens is 188 g/mol. The second-order valence-corrected chi connectivity index (χ2v) is 4.12. The molecule has 2 N–H and O–H groups in total. The van der Waals surface area contributed by atoms with Crippen molar-refractivity contribution in [3.63, 3.8) is 0 Å². The average Bonchev–Trinajstić information content (AvgIpc) is 2.68. The van der Waals surface area contributed by atoms with E-state index in [-0.39, 0.29) is 6.10 Å². The molecule has 2 unspecified atom stereocenters. The normalized spacial score (nSPS) is 30.5. The summed E-state index contributed by atoms with van der Waals surface area (Å²) in [6, 6.07) is 1.92. The summed E-state index contributed by atoms with van der Waals surface area (Å²) in [4.78, 5) is 0. The number of aromatic amines is 1. The lowest BCUT2D eigenvalue weighted by molar-refractivity contribution is 0.168. The van der Waals surface area contributed by atoms with Gasteiger partial charge in [0.15, 0.2) is 0 Å². The zero-order valence-electron chi connectivity index (χ0n) is 9.90. The quantitative estimate of drug-likeness (QED) is 0.691. The number of hydrogen-bond donors (Lipinski definition) is 2. The van der Waals surface area contributed by atoms with Gasteiger partial charge in [0.1, 0.15) is 0 Å². The van der Waals surface area contributed by atoms with Gasteiger partial charge in [0.05, 0.1) is 6.10 Å². The van der Waals surface area contributed by atoms with Gasteiger partial charge in [-0.3, -0.25) is 5.10 Å². The maximum Gasteiger partial charge on any atom is 0.0545 e. The summed E-state index contributed by atoms with van der Waals surface area (Å²) >= 11 is 0. The van der Waals surface area contributed by atoms with E-state index in [2.05, 4.69) is 10.2 Å². The molecular formula is C12H22N2O. The van der Waals surface area contributed by atoms with Crippen LogP contribution in [0.15, 0.2) is 12.3 Å². The number of aliphatic hydroxyl groups excluding tert-OH is 1. The number of rotatable bonds is 0. The fourth-order valence-electron chi connectivity index (χ4n) is 2.01. The maximum absolute atomic E-state index is 8.93. The molecule has 0 radical (unpaired) electrons. The first-order valence-corrected chi connectivity index (χ1v) is 5.89. The van der Waals surface area contributed by atoms with Gasteiger partial charge >= 0.3 is 0 Å². The number of H-pyrrole nitrogens is 1. The zero-order valence-corrected chi connectivity index (χ0v) is 9.90. The smallest absolute Gasteiger partial charge is 0.0545 e. The third-order valence-electron chi connectivity index (χ3n) is 2.86. The van der Waals surface area contributed by atoms with Gasteiger partial charge in [0.25, 0.3) is 0 Å². The molecule has 2 saturated carbocycles. The lowest BCUT2D eigenvalue weighted by Crippen LogP contribution is -2.00. The van der Waals surface area contributed by atoms with E-state index in [4.69, 9.17) is 5.11 Å². The third-order valence-corrected chi connectivity index (χ3v) is 2.86. The zero-order chi connectivity index (χ0) is 11.3. The maximum atomic E-state index is 8.93. The second-order valence-electron chi connectivity index (χ2n) is 4.12. The molecule has 2 atom stereocenters. The molecule has 0 aromatic carbocycles. The van der Waals surface area contributed by atoms with Crippen molar-refractivity contribution in [3.8, 4) is 0 Å². The van der Waals surface area contributed by atoms with Crippen molar-refractivity contribution in [2.75, 3.05) is 0 Å². The van der Waals surface area contributed by atoms with Crippen molar-refractivity contribution in [3.05, 3.63) is 18.0 Å². The highest BCUT2D eigenvalue weighted by molar-refractivity contribution is 4.95. The van der Waals surface area contributed by atoms with Crippen LogP contribution in [-0.4, -0.2) is 21.4 Å². The summed E-state index contributed by atoms with van der Waals surface area (Å²) in [5.74, 6) is 1.88. The Morgan fingerprint density at radius 2 is 1.87 bits per heavy atom. The molecule has 1 heterocycles. The van der Waals surface area contributed by atoms with Crippen molar-refractivity contribution < 1.29 is 5.11 Å². The van der Waals surface area contributed by atoms with Crippen LogP contribution < -0.4 is 0 Å². The van der Waals surface area contributed by atoms with Crippen molar-refractivity contribution in [1.82, 2.24) is 10.2 Å². The van der Waals surface area contributed by atoms with Gasteiger partial charge in [0, 0.05) is 11.9 Å². The van der Waals surface area contributed by atoms with Crippen LogP contribution in [0.25, 0.3) is 0 Å². The summed E-state index contributed by atoms with van der Waals surface area (Å²) in [6.07, 6.45) is 5.42. The van der Waals surface area contributed by atoms with Crippen molar-refractivity contribution in [1.29, 1.82) is 0 Å². The molecule has 1 aromatic rings. The Kier molecular flexibility index (Phi) is 4.82. The fourth-order valence-corrected chi connectivity index (χ4v) is 2.01. The van der Waals surface area contributed by atoms with Crippen LogP contribution in [0.1, 0.15) is 38.8 Å². The molecule has 15 heavy (non-hydrogen) atoms. The first-order chi connectivity index (χ1) is 7.25. The van der Waals surface area contributed by atoms with Gasteiger partial charge in [-0.1, -0.05) is 13.8 Å². The van der Waals surface area contributed by atoms with E-state index in [1.807, 2.05) is 26.8 Å². The highest BCUT2D eigenvalue weighted by Gasteiger charge is 2.44. The summed E-state index contributed by atoms with van der Waals surface area (Å²) in [5.41, 5.74) is 1.11. The van der Waals surface area contributed by atoms with Crippen LogP contribution in [0.3, 0.4) is 0 Å². The monoisotopic (exact) mass is 210 g/mol. The number of aliphatic hydroxyl groups is 1. The molecule has 3 nitrogen and oxygen atoms in total. The Balaban J connectivity index is 0.000000131. The summed E-state index contributed by atoms with van der Waals surface area (Å²) < 4.78 is 0. The minimum atomic E-state index is 0.0729. The average molecular weight is 210 g/mol. The molecule has 3 heteroatoms. The Morgan fingerprint density at radius 1 is 1.27 bits per heavy atom.